The largest absolute Gasteiger partial charge is 0.573 e. The van der Waals surface area contributed by atoms with E-state index in [1.807, 2.05) is 6.07 Å². The standard InChI is InChI=1S/C40H34F5N3O5S/c1-39(2,3)35-13-12-34(54-35)33(49)16-25(37(50)48-20-27(21-48)38(51)52)14-22-4-6-23(7-5-22)36-46-18-26(19-47-36)30-10-8-24(15-31(30)41)29-11-9-28(17-32(29)42)53-40(43,44)45/h4-13,15,17-19,25,27H,14,16,20-21H2,1-3H3,(H,51,52)/t25-/m1/s1. The summed E-state index contributed by atoms with van der Waals surface area (Å²) in [6.07, 6.45) is -1.92. The molecule has 0 bridgehead atoms. The zero-order chi connectivity index (χ0) is 38.9. The molecule has 0 radical (unpaired) electrons. The molecule has 3 heterocycles. The summed E-state index contributed by atoms with van der Waals surface area (Å²) in [5.41, 5.74) is 1.73. The van der Waals surface area contributed by atoms with Gasteiger partial charge in [-0.05, 0) is 53.3 Å². The average molecular weight is 764 g/mol. The summed E-state index contributed by atoms with van der Waals surface area (Å²) in [7, 11) is 0. The molecule has 0 aliphatic carbocycles. The molecule has 1 aliphatic rings. The van der Waals surface area contributed by atoms with Crippen molar-refractivity contribution >= 4 is 29.0 Å². The van der Waals surface area contributed by atoms with Crippen molar-refractivity contribution in [2.24, 2.45) is 11.8 Å². The van der Waals surface area contributed by atoms with E-state index in [0.717, 1.165) is 28.6 Å². The lowest BCUT2D eigenvalue weighted by molar-refractivity contribution is -0.274. The van der Waals surface area contributed by atoms with Crippen LogP contribution in [0.4, 0.5) is 22.0 Å². The van der Waals surface area contributed by atoms with Crippen LogP contribution in [-0.2, 0) is 21.4 Å². The zero-order valence-corrected chi connectivity index (χ0v) is 30.1. The fourth-order valence-electron chi connectivity index (χ4n) is 6.07. The molecule has 2 aromatic heterocycles. The molecule has 280 valence electrons. The highest BCUT2D eigenvalue weighted by atomic mass is 32.1. The number of likely N-dealkylation sites (tertiary alicyclic amines) is 1. The number of carboxylic acid groups (broad SMARTS) is 1. The lowest BCUT2D eigenvalue weighted by atomic mass is 9.89. The Balaban J connectivity index is 1.15. The van der Waals surface area contributed by atoms with Crippen molar-refractivity contribution in [1.29, 1.82) is 0 Å². The van der Waals surface area contributed by atoms with E-state index in [-0.39, 0.29) is 59.7 Å². The lowest BCUT2D eigenvalue weighted by Crippen LogP contribution is -2.55. The SMILES string of the molecule is CC(C)(C)c1ccc(C(=O)C[C@@H](Cc2ccc(-c3ncc(-c4ccc(-c5ccc(OC(F)(F)F)cc5F)cc4F)cn3)cc2)C(=O)N2CC(C(=O)O)C2)s1. The Morgan fingerprint density at radius 3 is 2.04 bits per heavy atom. The minimum atomic E-state index is -4.98. The molecule has 0 saturated carbocycles. The van der Waals surface area contributed by atoms with Crippen molar-refractivity contribution in [3.63, 3.8) is 0 Å². The van der Waals surface area contributed by atoms with E-state index in [4.69, 9.17) is 0 Å². The third-order valence-electron chi connectivity index (χ3n) is 9.05. The van der Waals surface area contributed by atoms with E-state index >= 15 is 4.39 Å². The number of carboxylic acids is 1. The van der Waals surface area contributed by atoms with Crippen LogP contribution in [0.1, 0.15) is 47.3 Å². The first-order valence-electron chi connectivity index (χ1n) is 16.9. The highest BCUT2D eigenvalue weighted by Gasteiger charge is 2.39. The van der Waals surface area contributed by atoms with Crippen LogP contribution in [-0.4, -0.2) is 57.1 Å². The van der Waals surface area contributed by atoms with Gasteiger partial charge in [0, 0.05) is 71.0 Å². The van der Waals surface area contributed by atoms with Gasteiger partial charge in [-0.15, -0.1) is 24.5 Å². The average Bonchev–Trinajstić information content (AvgIpc) is 3.59. The van der Waals surface area contributed by atoms with Gasteiger partial charge in [-0.2, -0.15) is 0 Å². The Hall–Kier alpha value is -5.50. The number of ketones is 1. The summed E-state index contributed by atoms with van der Waals surface area (Å²) in [6.45, 7) is 6.38. The molecular formula is C40H34F5N3O5S. The second kappa shape index (κ2) is 15.1. The summed E-state index contributed by atoms with van der Waals surface area (Å²) in [5, 5.41) is 9.31. The van der Waals surface area contributed by atoms with E-state index < -0.39 is 41.6 Å². The number of carbonyl (C=O) groups is 3. The van der Waals surface area contributed by atoms with Crippen LogP contribution < -0.4 is 4.74 Å². The maximum atomic E-state index is 15.2. The molecule has 1 amide bonds. The number of alkyl halides is 3. The predicted octanol–water partition coefficient (Wildman–Crippen LogP) is 8.99. The number of hydrogen-bond donors (Lipinski definition) is 1. The topological polar surface area (TPSA) is 110 Å². The number of halogens is 5. The summed E-state index contributed by atoms with van der Waals surface area (Å²) < 4.78 is 71.0. The molecule has 6 rings (SSSR count). The summed E-state index contributed by atoms with van der Waals surface area (Å²) in [4.78, 5) is 50.1. The van der Waals surface area contributed by atoms with Crippen LogP contribution in [0.25, 0.3) is 33.6 Å². The number of aromatic nitrogens is 2. The van der Waals surface area contributed by atoms with Gasteiger partial charge >= 0.3 is 12.3 Å². The third-order valence-corrected chi connectivity index (χ3v) is 10.6. The van der Waals surface area contributed by atoms with Crippen molar-refractivity contribution < 1.29 is 46.2 Å². The number of Topliss-reactive ketones (excluding diaryl/α,β-unsaturated/α-hetero) is 1. The molecule has 1 fully saturated rings. The van der Waals surface area contributed by atoms with Crippen LogP contribution in [0.3, 0.4) is 0 Å². The Kier molecular flexibility index (Phi) is 10.7. The summed E-state index contributed by atoms with van der Waals surface area (Å²) in [6, 6.07) is 17.3. The van der Waals surface area contributed by atoms with E-state index in [2.05, 4.69) is 35.5 Å². The molecule has 0 unspecified atom stereocenters. The monoisotopic (exact) mass is 763 g/mol. The highest BCUT2D eigenvalue weighted by molar-refractivity contribution is 7.14. The molecule has 1 aliphatic heterocycles. The van der Waals surface area contributed by atoms with Gasteiger partial charge in [-0.25, -0.2) is 18.7 Å². The van der Waals surface area contributed by atoms with Gasteiger partial charge in [0.2, 0.25) is 5.91 Å². The van der Waals surface area contributed by atoms with Crippen LogP contribution in [0.5, 0.6) is 5.75 Å². The summed E-state index contributed by atoms with van der Waals surface area (Å²) >= 11 is 1.41. The Labute approximate surface area is 311 Å². The highest BCUT2D eigenvalue weighted by Crippen LogP contribution is 2.34. The number of nitrogens with zero attached hydrogens (tertiary/aromatic N) is 3. The van der Waals surface area contributed by atoms with E-state index in [1.165, 1.54) is 40.8 Å². The number of aliphatic carboxylic acids is 1. The number of thiophene rings is 1. The lowest BCUT2D eigenvalue weighted by Gasteiger charge is -2.38. The smallest absolute Gasteiger partial charge is 0.481 e. The van der Waals surface area contributed by atoms with Crippen molar-refractivity contribution in [3.05, 3.63) is 112 Å². The van der Waals surface area contributed by atoms with Crippen LogP contribution >= 0.6 is 11.3 Å². The number of hydrogen-bond acceptors (Lipinski definition) is 7. The maximum Gasteiger partial charge on any atom is 0.573 e. The van der Waals surface area contributed by atoms with Gasteiger partial charge in [-0.3, -0.25) is 14.4 Å². The summed E-state index contributed by atoms with van der Waals surface area (Å²) in [5.74, 6) is -4.85. The third kappa shape index (κ3) is 8.82. The van der Waals surface area contributed by atoms with Crippen molar-refractivity contribution in [3.8, 4) is 39.4 Å². The fraction of sp³-hybridized carbons (Fsp3) is 0.275. The number of rotatable bonds is 11. The first-order chi connectivity index (χ1) is 25.4. The maximum absolute atomic E-state index is 15.2. The second-order valence-corrected chi connectivity index (χ2v) is 15.2. The molecule has 54 heavy (non-hydrogen) atoms. The molecular weight excluding hydrogens is 730 g/mol. The Morgan fingerprint density at radius 1 is 0.852 bits per heavy atom. The van der Waals surface area contributed by atoms with Crippen LogP contribution in [0, 0.1) is 23.5 Å². The van der Waals surface area contributed by atoms with Gasteiger partial charge in [0.15, 0.2) is 11.6 Å². The van der Waals surface area contributed by atoms with Gasteiger partial charge in [0.25, 0.3) is 0 Å². The first kappa shape index (κ1) is 38.2. The van der Waals surface area contributed by atoms with Gasteiger partial charge in [0.05, 0.1) is 10.8 Å². The Bertz CT molecular complexity index is 2190. The number of carbonyl (C=O) groups excluding carboxylic acids is 2. The van der Waals surface area contributed by atoms with Gasteiger partial charge in [-0.1, -0.05) is 57.2 Å². The molecule has 3 aromatic carbocycles. The van der Waals surface area contributed by atoms with Crippen LogP contribution in [0.2, 0.25) is 0 Å². The van der Waals surface area contributed by atoms with E-state index in [0.29, 0.717) is 27.9 Å². The molecule has 1 saturated heterocycles. The minimum Gasteiger partial charge on any atom is -0.481 e. The quantitative estimate of drug-likeness (QED) is 0.106. The first-order valence-corrected chi connectivity index (χ1v) is 17.7. The number of ether oxygens (including phenoxy) is 1. The molecule has 1 N–H and O–H groups in total. The normalized spacial score (nSPS) is 14.0. The van der Waals surface area contributed by atoms with Crippen LogP contribution in [0.15, 0.2) is 85.2 Å². The molecule has 8 nitrogen and oxygen atoms in total. The Morgan fingerprint density at radius 2 is 1.46 bits per heavy atom. The van der Waals surface area contributed by atoms with E-state index in [1.54, 1.807) is 30.3 Å². The second-order valence-electron chi connectivity index (χ2n) is 14.1. The van der Waals surface area contributed by atoms with Crippen molar-refractivity contribution in [1.82, 2.24) is 14.9 Å². The predicted molar refractivity (Wildman–Crippen MR) is 192 cm³/mol. The van der Waals surface area contributed by atoms with Gasteiger partial charge in [0.1, 0.15) is 17.4 Å². The molecule has 5 aromatic rings. The minimum absolute atomic E-state index is 0.0286. The molecule has 14 heteroatoms. The fourth-order valence-corrected chi connectivity index (χ4v) is 7.08. The zero-order valence-electron chi connectivity index (χ0n) is 29.3. The number of benzene rings is 3. The van der Waals surface area contributed by atoms with E-state index in [9.17, 15) is 37.1 Å². The molecule has 1 atom stereocenters. The van der Waals surface area contributed by atoms with Gasteiger partial charge < -0.3 is 14.7 Å². The molecule has 0 spiro atoms. The van der Waals surface area contributed by atoms with Crippen molar-refractivity contribution in [2.75, 3.05) is 13.1 Å². The number of amides is 1. The van der Waals surface area contributed by atoms with Crippen molar-refractivity contribution in [2.45, 2.75) is 45.4 Å².